The van der Waals surface area contributed by atoms with Gasteiger partial charge in [-0.1, -0.05) is 0 Å². The molecule has 0 spiro atoms. The van der Waals surface area contributed by atoms with Crippen molar-refractivity contribution in [2.75, 3.05) is 0 Å². The Hall–Kier alpha value is -2.01. The quantitative estimate of drug-likeness (QED) is 0.713. The van der Waals surface area contributed by atoms with Crippen LogP contribution in [0.15, 0.2) is 34.7 Å². The van der Waals surface area contributed by atoms with E-state index in [9.17, 15) is 4.79 Å². The van der Waals surface area contributed by atoms with Crippen LogP contribution in [0.4, 0.5) is 0 Å². The van der Waals surface area contributed by atoms with Crippen molar-refractivity contribution >= 4 is 21.6 Å². The van der Waals surface area contributed by atoms with Gasteiger partial charge in [0.2, 0.25) is 0 Å². The minimum atomic E-state index is -0.0828. The first kappa shape index (κ1) is 10.2. The van der Waals surface area contributed by atoms with Crippen molar-refractivity contribution in [3.8, 4) is 11.4 Å². The maximum absolute atomic E-state index is 12.0. The number of fused-ring (bicyclic) bond motifs is 1. The maximum atomic E-state index is 12.0. The summed E-state index contributed by atoms with van der Waals surface area (Å²) in [6, 6.07) is 3.65. The standard InChI is InChI=1S/C12H9N3OS/c1-7-6-17-12-9(7)11(16)14-10(15-12)8-2-4-13-5-3-8/h2-6H,1H3,(H,14,15,16). The van der Waals surface area contributed by atoms with Crippen LogP contribution in [0.3, 0.4) is 0 Å². The maximum Gasteiger partial charge on any atom is 0.260 e. The van der Waals surface area contributed by atoms with E-state index in [1.165, 1.54) is 11.3 Å². The number of hydrogen-bond donors (Lipinski definition) is 1. The fourth-order valence-corrected chi connectivity index (χ4v) is 2.66. The number of hydrogen-bond acceptors (Lipinski definition) is 4. The van der Waals surface area contributed by atoms with Crippen LogP contribution < -0.4 is 5.56 Å². The van der Waals surface area contributed by atoms with Crippen molar-refractivity contribution in [1.29, 1.82) is 0 Å². The van der Waals surface area contributed by atoms with E-state index in [4.69, 9.17) is 0 Å². The summed E-state index contributed by atoms with van der Waals surface area (Å²) >= 11 is 1.49. The van der Waals surface area contributed by atoms with Crippen molar-refractivity contribution in [2.24, 2.45) is 0 Å². The van der Waals surface area contributed by atoms with E-state index in [0.717, 1.165) is 16.0 Å². The predicted molar refractivity (Wildman–Crippen MR) is 68.2 cm³/mol. The molecular weight excluding hydrogens is 234 g/mol. The third-order valence-corrected chi connectivity index (χ3v) is 3.57. The van der Waals surface area contributed by atoms with Crippen molar-refractivity contribution in [1.82, 2.24) is 15.0 Å². The third kappa shape index (κ3) is 1.64. The summed E-state index contributed by atoms with van der Waals surface area (Å²) in [6.45, 7) is 1.92. The number of aromatic nitrogens is 3. The molecule has 0 fully saturated rings. The highest BCUT2D eigenvalue weighted by molar-refractivity contribution is 7.16. The van der Waals surface area contributed by atoms with Gasteiger partial charge in [-0.05, 0) is 30.0 Å². The Morgan fingerprint density at radius 2 is 2.06 bits per heavy atom. The zero-order valence-electron chi connectivity index (χ0n) is 9.10. The summed E-state index contributed by atoms with van der Waals surface area (Å²) in [6.07, 6.45) is 3.36. The zero-order chi connectivity index (χ0) is 11.8. The average Bonchev–Trinajstić information content (AvgIpc) is 2.73. The predicted octanol–water partition coefficient (Wildman–Crippen LogP) is 2.36. The molecule has 0 aliphatic carbocycles. The Kier molecular flexibility index (Phi) is 2.26. The molecular formula is C12H9N3OS. The van der Waals surface area contributed by atoms with E-state index in [2.05, 4.69) is 15.0 Å². The van der Waals surface area contributed by atoms with Gasteiger partial charge in [0.05, 0.1) is 5.39 Å². The van der Waals surface area contributed by atoms with E-state index in [1.54, 1.807) is 12.4 Å². The summed E-state index contributed by atoms with van der Waals surface area (Å²) in [5.41, 5.74) is 1.76. The first-order chi connectivity index (χ1) is 8.25. The summed E-state index contributed by atoms with van der Waals surface area (Å²) < 4.78 is 0. The van der Waals surface area contributed by atoms with Gasteiger partial charge in [-0.25, -0.2) is 4.98 Å². The third-order valence-electron chi connectivity index (χ3n) is 2.58. The van der Waals surface area contributed by atoms with E-state index in [-0.39, 0.29) is 5.56 Å². The largest absolute Gasteiger partial charge is 0.306 e. The van der Waals surface area contributed by atoms with Crippen molar-refractivity contribution in [3.05, 3.63) is 45.8 Å². The van der Waals surface area contributed by atoms with Gasteiger partial charge in [-0.2, -0.15) is 0 Å². The molecule has 3 rings (SSSR count). The van der Waals surface area contributed by atoms with Crippen LogP contribution in [-0.2, 0) is 0 Å². The van der Waals surface area contributed by atoms with Gasteiger partial charge in [0.25, 0.3) is 5.56 Å². The molecule has 0 atom stereocenters. The van der Waals surface area contributed by atoms with E-state index in [1.807, 2.05) is 24.4 Å². The van der Waals surface area contributed by atoms with E-state index < -0.39 is 0 Å². The highest BCUT2D eigenvalue weighted by Crippen LogP contribution is 2.22. The first-order valence-electron chi connectivity index (χ1n) is 5.14. The smallest absolute Gasteiger partial charge is 0.260 e. The van der Waals surface area contributed by atoms with Gasteiger partial charge < -0.3 is 4.98 Å². The van der Waals surface area contributed by atoms with Crippen LogP contribution in [0, 0.1) is 6.92 Å². The molecule has 4 nitrogen and oxygen atoms in total. The molecule has 84 valence electrons. The molecule has 0 amide bonds. The highest BCUT2D eigenvalue weighted by Gasteiger charge is 2.09. The lowest BCUT2D eigenvalue weighted by Gasteiger charge is -2.00. The lowest BCUT2D eigenvalue weighted by molar-refractivity contribution is 1.18. The number of nitrogens with one attached hydrogen (secondary N) is 1. The van der Waals surface area contributed by atoms with Crippen molar-refractivity contribution in [2.45, 2.75) is 6.92 Å². The molecule has 0 aromatic carbocycles. The molecule has 0 saturated carbocycles. The zero-order valence-corrected chi connectivity index (χ0v) is 9.91. The van der Waals surface area contributed by atoms with E-state index in [0.29, 0.717) is 11.2 Å². The van der Waals surface area contributed by atoms with Crippen LogP contribution in [-0.4, -0.2) is 15.0 Å². The number of aromatic amines is 1. The minimum absolute atomic E-state index is 0.0828. The Morgan fingerprint density at radius 1 is 1.29 bits per heavy atom. The van der Waals surface area contributed by atoms with Gasteiger partial charge in [0.15, 0.2) is 0 Å². The average molecular weight is 243 g/mol. The molecule has 17 heavy (non-hydrogen) atoms. The topological polar surface area (TPSA) is 58.6 Å². The number of rotatable bonds is 1. The number of aryl methyl sites for hydroxylation is 1. The summed E-state index contributed by atoms with van der Waals surface area (Å²) in [4.78, 5) is 23.9. The monoisotopic (exact) mass is 243 g/mol. The van der Waals surface area contributed by atoms with Gasteiger partial charge >= 0.3 is 0 Å². The number of H-pyrrole nitrogens is 1. The molecule has 0 saturated heterocycles. The second-order valence-electron chi connectivity index (χ2n) is 3.75. The van der Waals surface area contributed by atoms with E-state index >= 15 is 0 Å². The molecule has 1 N–H and O–H groups in total. The van der Waals surface area contributed by atoms with Crippen LogP contribution in [0.1, 0.15) is 5.56 Å². The second-order valence-corrected chi connectivity index (χ2v) is 4.61. The molecule has 3 aromatic rings. The number of pyridine rings is 1. The fraction of sp³-hybridized carbons (Fsp3) is 0.0833. The number of nitrogens with zero attached hydrogens (tertiary/aromatic N) is 2. The number of thiophene rings is 1. The van der Waals surface area contributed by atoms with Crippen molar-refractivity contribution < 1.29 is 0 Å². The molecule has 0 aliphatic rings. The normalized spacial score (nSPS) is 10.9. The van der Waals surface area contributed by atoms with Crippen LogP contribution in [0.2, 0.25) is 0 Å². The minimum Gasteiger partial charge on any atom is -0.306 e. The van der Waals surface area contributed by atoms with Gasteiger partial charge in [0, 0.05) is 18.0 Å². The second kappa shape index (κ2) is 3.78. The van der Waals surface area contributed by atoms with Crippen LogP contribution in [0.25, 0.3) is 21.6 Å². The molecule has 3 heterocycles. The highest BCUT2D eigenvalue weighted by atomic mass is 32.1. The fourth-order valence-electron chi connectivity index (χ4n) is 1.74. The lowest BCUT2D eigenvalue weighted by atomic mass is 10.2. The molecule has 5 heteroatoms. The Labute approximate surface area is 101 Å². The van der Waals surface area contributed by atoms with Crippen molar-refractivity contribution in [3.63, 3.8) is 0 Å². The van der Waals surface area contributed by atoms with Gasteiger partial charge in [0.1, 0.15) is 10.7 Å². The van der Waals surface area contributed by atoms with Crippen LogP contribution in [0.5, 0.6) is 0 Å². The Balaban J connectivity index is 2.30. The summed E-state index contributed by atoms with van der Waals surface area (Å²) in [5, 5.41) is 2.64. The molecule has 0 bridgehead atoms. The molecule has 0 unspecified atom stereocenters. The summed E-state index contributed by atoms with van der Waals surface area (Å²) in [7, 11) is 0. The Bertz CT molecular complexity index is 730. The lowest BCUT2D eigenvalue weighted by Crippen LogP contribution is -2.08. The Morgan fingerprint density at radius 3 is 2.82 bits per heavy atom. The van der Waals surface area contributed by atoms with Gasteiger partial charge in [-0.15, -0.1) is 11.3 Å². The SMILES string of the molecule is Cc1csc2nc(-c3ccncc3)[nH]c(=O)c12. The van der Waals surface area contributed by atoms with Crippen LogP contribution >= 0.6 is 11.3 Å². The summed E-state index contributed by atoms with van der Waals surface area (Å²) in [5.74, 6) is 0.590. The molecule has 3 aromatic heterocycles. The molecule has 0 aliphatic heterocycles. The molecule has 0 radical (unpaired) electrons. The first-order valence-corrected chi connectivity index (χ1v) is 6.02. The van der Waals surface area contributed by atoms with Gasteiger partial charge in [-0.3, -0.25) is 9.78 Å².